The topological polar surface area (TPSA) is 66.4 Å². The maximum absolute atomic E-state index is 12.7. The molecule has 1 fully saturated rings. The van der Waals surface area contributed by atoms with Gasteiger partial charge in [-0.3, -0.25) is 9.59 Å². The molecular formula is C21H20Cl4N4O2S. The fourth-order valence-electron chi connectivity index (χ4n) is 4.32. The molecule has 0 aliphatic carbocycles. The summed E-state index contributed by atoms with van der Waals surface area (Å²) in [6.07, 6.45) is -0.0785. The van der Waals surface area contributed by atoms with Crippen molar-refractivity contribution in [1.29, 1.82) is 0 Å². The lowest BCUT2D eigenvalue weighted by Crippen LogP contribution is -2.60. The van der Waals surface area contributed by atoms with Gasteiger partial charge in [-0.25, -0.2) is 0 Å². The van der Waals surface area contributed by atoms with Gasteiger partial charge in [0.05, 0.1) is 0 Å². The van der Waals surface area contributed by atoms with Crippen molar-refractivity contribution >= 4 is 69.6 Å². The van der Waals surface area contributed by atoms with E-state index in [2.05, 4.69) is 10.6 Å². The molecule has 2 aromatic rings. The monoisotopic (exact) mass is 532 g/mol. The van der Waals surface area contributed by atoms with Crippen molar-refractivity contribution in [3.63, 3.8) is 0 Å². The van der Waals surface area contributed by atoms with Crippen LogP contribution in [0.3, 0.4) is 0 Å². The molecule has 2 bridgehead atoms. The number of thiocarbonyl (C=S) groups is 1. The Bertz CT molecular complexity index is 1100. The van der Waals surface area contributed by atoms with E-state index in [-0.39, 0.29) is 17.4 Å². The highest BCUT2D eigenvalue weighted by Crippen LogP contribution is 2.35. The molecule has 1 aromatic heterocycles. The number of amides is 1. The van der Waals surface area contributed by atoms with Gasteiger partial charge in [-0.2, -0.15) is 0 Å². The second kappa shape index (κ2) is 9.39. The van der Waals surface area contributed by atoms with Crippen LogP contribution in [0.15, 0.2) is 47.3 Å². The predicted molar refractivity (Wildman–Crippen MR) is 132 cm³/mol. The van der Waals surface area contributed by atoms with Crippen LogP contribution >= 0.6 is 58.6 Å². The summed E-state index contributed by atoms with van der Waals surface area (Å²) < 4.78 is -0.00809. The van der Waals surface area contributed by atoms with E-state index >= 15 is 0 Å². The van der Waals surface area contributed by atoms with Crippen LogP contribution in [0.5, 0.6) is 0 Å². The first-order valence-corrected chi connectivity index (χ1v) is 11.9. The van der Waals surface area contributed by atoms with Crippen LogP contribution in [0.4, 0.5) is 0 Å². The number of benzene rings is 1. The highest BCUT2D eigenvalue weighted by atomic mass is 35.6. The number of likely N-dealkylation sites (tertiary alicyclic amines) is 1. The van der Waals surface area contributed by atoms with E-state index in [9.17, 15) is 9.59 Å². The van der Waals surface area contributed by atoms with Crippen molar-refractivity contribution in [2.24, 2.45) is 5.92 Å². The van der Waals surface area contributed by atoms with Crippen LogP contribution in [0.2, 0.25) is 5.02 Å². The highest BCUT2D eigenvalue weighted by molar-refractivity contribution is 7.80. The molecule has 2 aliphatic heterocycles. The van der Waals surface area contributed by atoms with E-state index in [4.69, 9.17) is 58.6 Å². The largest absolute Gasteiger partial charge is 0.348 e. The first-order valence-electron chi connectivity index (χ1n) is 10.00. The second-order valence-corrected chi connectivity index (χ2v) is 11.2. The molecule has 2 aliphatic rings. The van der Waals surface area contributed by atoms with Gasteiger partial charge in [-0.05, 0) is 48.8 Å². The fourth-order valence-corrected chi connectivity index (χ4v) is 5.11. The van der Waals surface area contributed by atoms with Crippen LogP contribution in [0, 0.1) is 5.92 Å². The smallest absolute Gasteiger partial charge is 0.253 e. The number of aromatic nitrogens is 1. The third kappa shape index (κ3) is 5.18. The number of carbonyl (C=O) groups excluding carboxylic acids is 1. The summed E-state index contributed by atoms with van der Waals surface area (Å²) >= 11 is 30.0. The summed E-state index contributed by atoms with van der Waals surface area (Å²) in [5.41, 5.74) is 1.36. The number of hydrogen-bond acceptors (Lipinski definition) is 3. The maximum atomic E-state index is 12.7. The van der Waals surface area contributed by atoms with Crippen molar-refractivity contribution in [3.8, 4) is 0 Å². The molecule has 0 saturated carbocycles. The van der Waals surface area contributed by atoms with Gasteiger partial charge in [0.25, 0.3) is 11.5 Å². The Morgan fingerprint density at radius 2 is 1.84 bits per heavy atom. The molecule has 2 N–H and O–H groups in total. The minimum absolute atomic E-state index is 0.0198. The second-order valence-electron chi connectivity index (χ2n) is 8.01. The first kappa shape index (κ1) is 23.6. The van der Waals surface area contributed by atoms with Gasteiger partial charge in [0.15, 0.2) is 5.11 Å². The average molecular weight is 534 g/mol. The number of piperidine rings is 1. The van der Waals surface area contributed by atoms with Crippen molar-refractivity contribution in [3.05, 3.63) is 69.1 Å². The molecular weight excluding hydrogens is 514 g/mol. The first-order chi connectivity index (χ1) is 15.1. The predicted octanol–water partition coefficient (Wildman–Crippen LogP) is 3.92. The molecule has 3 heterocycles. The number of nitrogens with one attached hydrogen (secondary N) is 2. The molecule has 0 unspecified atom stereocenters. The van der Waals surface area contributed by atoms with Crippen LogP contribution < -0.4 is 16.2 Å². The minimum Gasteiger partial charge on any atom is -0.348 e. The molecule has 4 rings (SSSR count). The quantitative estimate of drug-likeness (QED) is 0.355. The number of pyridine rings is 1. The zero-order valence-electron chi connectivity index (χ0n) is 16.7. The third-order valence-corrected chi connectivity index (χ3v) is 6.99. The van der Waals surface area contributed by atoms with Crippen LogP contribution in [-0.2, 0) is 6.54 Å². The number of alkyl halides is 3. The van der Waals surface area contributed by atoms with E-state index in [1.165, 1.54) is 6.07 Å². The van der Waals surface area contributed by atoms with Gasteiger partial charge in [0.1, 0.15) is 6.17 Å². The zero-order chi connectivity index (χ0) is 23.0. The summed E-state index contributed by atoms with van der Waals surface area (Å²) in [5.74, 6) is -0.0141. The Morgan fingerprint density at radius 1 is 1.09 bits per heavy atom. The number of hydrogen-bond donors (Lipinski definition) is 2. The number of nitrogens with zero attached hydrogens (tertiary/aromatic N) is 2. The lowest BCUT2D eigenvalue weighted by molar-refractivity contribution is 0.0932. The van der Waals surface area contributed by atoms with Gasteiger partial charge in [0, 0.05) is 47.9 Å². The number of fused-ring (bicyclic) bond motifs is 4. The summed E-state index contributed by atoms with van der Waals surface area (Å²) in [5, 5.41) is 6.47. The molecule has 1 aromatic carbocycles. The Balaban J connectivity index is 1.47. The lowest BCUT2D eigenvalue weighted by atomic mass is 9.83. The fraction of sp³-hybridized carbons (Fsp3) is 0.381. The maximum Gasteiger partial charge on any atom is 0.253 e. The molecule has 1 saturated heterocycles. The molecule has 32 heavy (non-hydrogen) atoms. The Labute approximate surface area is 210 Å². The summed E-state index contributed by atoms with van der Waals surface area (Å²) in [7, 11) is 0. The van der Waals surface area contributed by atoms with Gasteiger partial charge in [-0.1, -0.05) is 58.5 Å². The van der Waals surface area contributed by atoms with Crippen molar-refractivity contribution in [2.45, 2.75) is 28.8 Å². The van der Waals surface area contributed by atoms with Gasteiger partial charge in [0.2, 0.25) is 3.79 Å². The van der Waals surface area contributed by atoms with Crippen LogP contribution in [0.25, 0.3) is 0 Å². The van der Waals surface area contributed by atoms with E-state index in [0.29, 0.717) is 35.3 Å². The minimum atomic E-state index is -1.86. The molecule has 170 valence electrons. The van der Waals surface area contributed by atoms with Crippen molar-refractivity contribution in [1.82, 2.24) is 20.1 Å². The van der Waals surface area contributed by atoms with Gasteiger partial charge < -0.3 is 20.1 Å². The van der Waals surface area contributed by atoms with Crippen LogP contribution in [0.1, 0.15) is 28.4 Å². The molecule has 1 amide bonds. The number of rotatable bonds is 3. The molecule has 0 radical (unpaired) electrons. The summed E-state index contributed by atoms with van der Waals surface area (Å²) in [6, 6.07) is 11.8. The van der Waals surface area contributed by atoms with Crippen molar-refractivity contribution < 1.29 is 4.79 Å². The molecule has 0 spiro atoms. The lowest BCUT2D eigenvalue weighted by Gasteiger charge is -2.44. The summed E-state index contributed by atoms with van der Waals surface area (Å²) in [4.78, 5) is 26.9. The van der Waals surface area contributed by atoms with E-state index in [1.807, 2.05) is 15.5 Å². The van der Waals surface area contributed by atoms with Gasteiger partial charge >= 0.3 is 0 Å². The standard InChI is InChI=1S/C21H20Cl4N4O2S/c22-15-4-1-3-13(8-15)18(31)26-19(21(23,24)25)27-20(32)28-9-12-7-14(11-28)16-5-2-6-17(30)29(16)10-12/h1-6,8,12,14,19H,7,9-11H2,(H,26,31)(H,27,32)/t12-,14-,19-/m0/s1. The Hall–Kier alpha value is -1.51. The molecule has 6 nitrogen and oxygen atoms in total. The zero-order valence-corrected chi connectivity index (χ0v) is 20.6. The summed E-state index contributed by atoms with van der Waals surface area (Å²) in [6.45, 7) is 1.93. The third-order valence-electron chi connectivity index (χ3n) is 5.72. The van der Waals surface area contributed by atoms with E-state index in [1.54, 1.807) is 30.3 Å². The SMILES string of the molecule is O=C(N[C@@H](NC(=S)N1C[C@@H]2C[C@@H](C1)c1cccc(=O)n1C2)C(Cl)(Cl)Cl)c1cccc(Cl)c1. The van der Waals surface area contributed by atoms with E-state index in [0.717, 1.165) is 12.1 Å². The van der Waals surface area contributed by atoms with E-state index < -0.39 is 15.9 Å². The Morgan fingerprint density at radius 3 is 2.56 bits per heavy atom. The average Bonchev–Trinajstić information content (AvgIpc) is 2.73. The van der Waals surface area contributed by atoms with Crippen molar-refractivity contribution in [2.75, 3.05) is 13.1 Å². The normalized spacial score (nSPS) is 20.8. The Kier molecular flexibility index (Phi) is 6.94. The van der Waals surface area contributed by atoms with Crippen LogP contribution in [-0.4, -0.2) is 43.5 Å². The van der Waals surface area contributed by atoms with Gasteiger partial charge in [-0.15, -0.1) is 0 Å². The molecule has 3 atom stereocenters. The number of halogens is 4. The highest BCUT2D eigenvalue weighted by Gasteiger charge is 2.39. The molecule has 11 heteroatoms. The number of carbonyl (C=O) groups is 1.